The zero-order chi connectivity index (χ0) is 12.8. The summed E-state index contributed by atoms with van der Waals surface area (Å²) in [6.45, 7) is 7.03. The molecule has 0 saturated carbocycles. The molecule has 96 valence electrons. The summed E-state index contributed by atoms with van der Waals surface area (Å²) in [5.41, 5.74) is 2.14. The van der Waals surface area contributed by atoms with Gasteiger partial charge in [0.05, 0.1) is 6.54 Å². The van der Waals surface area contributed by atoms with E-state index in [4.69, 9.17) is 4.74 Å². The minimum atomic E-state index is 0.541. The highest BCUT2D eigenvalue weighted by atomic mass is 16.5. The first kappa shape index (κ1) is 12.6. The van der Waals surface area contributed by atoms with E-state index >= 15 is 0 Å². The molecule has 0 spiro atoms. The fraction of sp³-hybridized carbons (Fsp3) is 0.357. The molecule has 0 bridgehead atoms. The van der Waals surface area contributed by atoms with Gasteiger partial charge in [-0.1, -0.05) is 6.58 Å². The number of hydrogen-bond donors (Lipinski definition) is 2. The summed E-state index contributed by atoms with van der Waals surface area (Å²) in [6.07, 6.45) is 0. The Labute approximate surface area is 108 Å². The SMILES string of the molecule is C=C(CNC)COc1ccc(C2=NCCN2)cc1. The van der Waals surface area contributed by atoms with Crippen LogP contribution in [0.25, 0.3) is 0 Å². The number of benzene rings is 1. The van der Waals surface area contributed by atoms with Crippen molar-refractivity contribution in [2.24, 2.45) is 4.99 Å². The Morgan fingerprint density at radius 2 is 2.22 bits per heavy atom. The lowest BCUT2D eigenvalue weighted by atomic mass is 10.2. The molecule has 0 amide bonds. The van der Waals surface area contributed by atoms with Gasteiger partial charge in [0.15, 0.2) is 0 Å². The molecule has 1 aromatic carbocycles. The van der Waals surface area contributed by atoms with Crippen molar-refractivity contribution < 1.29 is 4.74 Å². The number of nitrogens with one attached hydrogen (secondary N) is 2. The molecular formula is C14H19N3O. The molecule has 0 unspecified atom stereocenters. The van der Waals surface area contributed by atoms with Crippen LogP contribution in [0.4, 0.5) is 0 Å². The molecule has 1 aliphatic rings. The molecular weight excluding hydrogens is 226 g/mol. The topological polar surface area (TPSA) is 45.6 Å². The van der Waals surface area contributed by atoms with E-state index in [1.807, 2.05) is 31.3 Å². The number of ether oxygens (including phenoxy) is 1. The van der Waals surface area contributed by atoms with Crippen LogP contribution >= 0.6 is 0 Å². The maximum absolute atomic E-state index is 5.64. The van der Waals surface area contributed by atoms with Gasteiger partial charge in [0.2, 0.25) is 0 Å². The summed E-state index contributed by atoms with van der Waals surface area (Å²) < 4.78 is 5.64. The van der Waals surface area contributed by atoms with Crippen molar-refractivity contribution in [1.29, 1.82) is 0 Å². The zero-order valence-electron chi connectivity index (χ0n) is 10.7. The predicted molar refractivity (Wildman–Crippen MR) is 74.4 cm³/mol. The number of hydrogen-bond acceptors (Lipinski definition) is 4. The van der Waals surface area contributed by atoms with E-state index in [0.717, 1.165) is 42.4 Å². The summed E-state index contributed by atoms with van der Waals surface area (Å²) >= 11 is 0. The monoisotopic (exact) mass is 245 g/mol. The summed E-state index contributed by atoms with van der Waals surface area (Å²) in [5, 5.41) is 6.29. The van der Waals surface area contributed by atoms with Gasteiger partial charge in [0, 0.05) is 18.7 Å². The maximum Gasteiger partial charge on any atom is 0.128 e. The van der Waals surface area contributed by atoms with E-state index in [0.29, 0.717) is 6.61 Å². The van der Waals surface area contributed by atoms with Crippen molar-refractivity contribution in [3.05, 3.63) is 42.0 Å². The van der Waals surface area contributed by atoms with Gasteiger partial charge in [-0.2, -0.15) is 0 Å². The first-order valence-corrected chi connectivity index (χ1v) is 6.12. The van der Waals surface area contributed by atoms with Crippen LogP contribution in [-0.2, 0) is 0 Å². The smallest absolute Gasteiger partial charge is 0.128 e. The molecule has 0 aliphatic carbocycles. The van der Waals surface area contributed by atoms with E-state index < -0.39 is 0 Å². The van der Waals surface area contributed by atoms with Gasteiger partial charge in [-0.05, 0) is 36.9 Å². The summed E-state index contributed by atoms with van der Waals surface area (Å²) in [6, 6.07) is 7.97. The van der Waals surface area contributed by atoms with Crippen LogP contribution in [0.3, 0.4) is 0 Å². The number of amidine groups is 1. The van der Waals surface area contributed by atoms with E-state index in [9.17, 15) is 0 Å². The van der Waals surface area contributed by atoms with E-state index in [1.165, 1.54) is 0 Å². The van der Waals surface area contributed by atoms with Gasteiger partial charge in [-0.15, -0.1) is 0 Å². The van der Waals surface area contributed by atoms with Crippen molar-refractivity contribution >= 4 is 5.84 Å². The van der Waals surface area contributed by atoms with Gasteiger partial charge >= 0.3 is 0 Å². The van der Waals surface area contributed by atoms with Gasteiger partial charge < -0.3 is 15.4 Å². The average molecular weight is 245 g/mol. The lowest BCUT2D eigenvalue weighted by molar-refractivity contribution is 0.349. The van der Waals surface area contributed by atoms with Crippen molar-refractivity contribution in [3.63, 3.8) is 0 Å². The van der Waals surface area contributed by atoms with Crippen LogP contribution < -0.4 is 15.4 Å². The summed E-state index contributed by atoms with van der Waals surface area (Å²) in [7, 11) is 1.90. The molecule has 0 radical (unpaired) electrons. The second kappa shape index (κ2) is 6.21. The highest BCUT2D eigenvalue weighted by Gasteiger charge is 2.07. The normalized spacial score (nSPS) is 13.9. The highest BCUT2D eigenvalue weighted by Crippen LogP contribution is 2.13. The average Bonchev–Trinajstić information content (AvgIpc) is 2.91. The molecule has 4 heteroatoms. The summed E-state index contributed by atoms with van der Waals surface area (Å²) in [5.74, 6) is 1.83. The quantitative estimate of drug-likeness (QED) is 0.740. The molecule has 1 heterocycles. The molecule has 2 N–H and O–H groups in total. The van der Waals surface area contributed by atoms with Gasteiger partial charge in [0.25, 0.3) is 0 Å². The standard InChI is InChI=1S/C14H19N3O/c1-11(9-15-2)10-18-13-5-3-12(4-6-13)14-16-7-8-17-14/h3-6,15H,1,7-10H2,2H3,(H,16,17). The van der Waals surface area contributed by atoms with Crippen LogP contribution in [-0.4, -0.2) is 39.1 Å². The Bertz CT molecular complexity index is 437. The fourth-order valence-electron chi connectivity index (χ4n) is 1.79. The molecule has 4 nitrogen and oxygen atoms in total. The third-order valence-corrected chi connectivity index (χ3v) is 2.67. The number of rotatable bonds is 6. The molecule has 0 fully saturated rings. The maximum atomic E-state index is 5.64. The Kier molecular flexibility index (Phi) is 4.36. The Morgan fingerprint density at radius 1 is 1.44 bits per heavy atom. The summed E-state index contributed by atoms with van der Waals surface area (Å²) in [4.78, 5) is 4.38. The van der Waals surface area contributed by atoms with E-state index in [1.54, 1.807) is 0 Å². The molecule has 0 saturated heterocycles. The van der Waals surface area contributed by atoms with Crippen LogP contribution in [0, 0.1) is 0 Å². The minimum Gasteiger partial charge on any atom is -0.489 e. The molecule has 2 rings (SSSR count). The molecule has 18 heavy (non-hydrogen) atoms. The van der Waals surface area contributed by atoms with Crippen molar-refractivity contribution in [1.82, 2.24) is 10.6 Å². The van der Waals surface area contributed by atoms with Crippen LogP contribution in [0.1, 0.15) is 5.56 Å². The molecule has 1 aromatic rings. The van der Waals surface area contributed by atoms with Gasteiger partial charge in [-0.25, -0.2) is 0 Å². The third-order valence-electron chi connectivity index (χ3n) is 2.67. The first-order chi connectivity index (χ1) is 8.79. The molecule has 1 aliphatic heterocycles. The van der Waals surface area contributed by atoms with Crippen LogP contribution in [0.15, 0.2) is 41.4 Å². The Morgan fingerprint density at radius 3 is 2.83 bits per heavy atom. The lowest BCUT2D eigenvalue weighted by Gasteiger charge is -2.09. The zero-order valence-corrected chi connectivity index (χ0v) is 10.7. The number of aliphatic imine (C=N–C) groups is 1. The molecule has 0 atom stereocenters. The highest BCUT2D eigenvalue weighted by molar-refractivity contribution is 5.99. The number of nitrogens with zero attached hydrogens (tertiary/aromatic N) is 1. The Hall–Kier alpha value is -1.81. The predicted octanol–water partition coefficient (Wildman–Crippen LogP) is 1.19. The third kappa shape index (κ3) is 3.34. The van der Waals surface area contributed by atoms with Gasteiger partial charge in [0.1, 0.15) is 18.2 Å². The molecule has 0 aromatic heterocycles. The largest absolute Gasteiger partial charge is 0.489 e. The van der Waals surface area contributed by atoms with E-state index in [-0.39, 0.29) is 0 Å². The van der Waals surface area contributed by atoms with Crippen molar-refractivity contribution in [3.8, 4) is 5.75 Å². The van der Waals surface area contributed by atoms with Gasteiger partial charge in [-0.3, -0.25) is 4.99 Å². The lowest BCUT2D eigenvalue weighted by Crippen LogP contribution is -2.19. The first-order valence-electron chi connectivity index (χ1n) is 6.12. The van der Waals surface area contributed by atoms with Crippen molar-refractivity contribution in [2.45, 2.75) is 0 Å². The minimum absolute atomic E-state index is 0.541. The van der Waals surface area contributed by atoms with Crippen LogP contribution in [0.2, 0.25) is 0 Å². The van der Waals surface area contributed by atoms with E-state index in [2.05, 4.69) is 22.2 Å². The van der Waals surface area contributed by atoms with Crippen LogP contribution in [0.5, 0.6) is 5.75 Å². The second-order valence-electron chi connectivity index (χ2n) is 4.25. The fourth-order valence-corrected chi connectivity index (χ4v) is 1.79. The van der Waals surface area contributed by atoms with Crippen molar-refractivity contribution in [2.75, 3.05) is 33.3 Å². The number of likely N-dealkylation sites (N-methyl/N-ethyl adjacent to an activating group) is 1. The Balaban J connectivity index is 1.89. The second-order valence-corrected chi connectivity index (χ2v) is 4.25.